The van der Waals surface area contributed by atoms with E-state index in [4.69, 9.17) is 0 Å². The highest BCUT2D eigenvalue weighted by atomic mass is 16.2. The third-order valence-electron chi connectivity index (χ3n) is 6.18. The van der Waals surface area contributed by atoms with Gasteiger partial charge in [0.25, 0.3) is 0 Å². The fourth-order valence-corrected chi connectivity index (χ4v) is 4.80. The fourth-order valence-electron chi connectivity index (χ4n) is 4.80. The molecule has 0 bridgehead atoms. The summed E-state index contributed by atoms with van der Waals surface area (Å²) < 4.78 is 0. The second kappa shape index (κ2) is 7.19. The molecular weight excluding hydrogens is 312 g/mol. The molecule has 0 spiro atoms. The van der Waals surface area contributed by atoms with Crippen molar-refractivity contribution in [2.75, 3.05) is 19.6 Å². The van der Waals surface area contributed by atoms with E-state index in [1.807, 2.05) is 9.80 Å². The van der Waals surface area contributed by atoms with Crippen LogP contribution in [0.4, 0.5) is 0 Å². The van der Waals surface area contributed by atoms with Crippen molar-refractivity contribution in [1.29, 1.82) is 0 Å². The van der Waals surface area contributed by atoms with Gasteiger partial charge in [-0.3, -0.25) is 9.59 Å². The number of carbonyl (C=O) groups is 2. The van der Waals surface area contributed by atoms with Crippen LogP contribution < -0.4 is 0 Å². The minimum absolute atomic E-state index is 0.186. The lowest BCUT2D eigenvalue weighted by atomic mass is 9.99. The zero-order chi connectivity index (χ0) is 17.2. The summed E-state index contributed by atoms with van der Waals surface area (Å²) in [5.41, 5.74) is 2.89. The highest BCUT2D eigenvalue weighted by molar-refractivity contribution is 5.88. The van der Waals surface area contributed by atoms with Crippen molar-refractivity contribution in [1.82, 2.24) is 9.80 Å². The highest BCUT2D eigenvalue weighted by Gasteiger charge is 2.37. The monoisotopic (exact) mass is 340 g/mol. The average Bonchev–Trinajstić information content (AvgIpc) is 3.38. The number of rotatable bonds is 4. The topological polar surface area (TPSA) is 40.6 Å². The molecular formula is C21H28N2O2. The Morgan fingerprint density at radius 2 is 1.64 bits per heavy atom. The second-order valence-corrected chi connectivity index (χ2v) is 7.86. The smallest absolute Gasteiger partial charge is 0.245 e. The Morgan fingerprint density at radius 1 is 0.960 bits per heavy atom. The van der Waals surface area contributed by atoms with E-state index in [2.05, 4.69) is 24.3 Å². The average molecular weight is 340 g/mol. The fraction of sp³-hybridized carbons (Fsp3) is 0.619. The number of hydrogen-bond donors (Lipinski definition) is 0. The van der Waals surface area contributed by atoms with Crippen LogP contribution in [0.5, 0.6) is 0 Å². The van der Waals surface area contributed by atoms with Gasteiger partial charge in [-0.05, 0) is 62.0 Å². The van der Waals surface area contributed by atoms with Gasteiger partial charge < -0.3 is 9.80 Å². The predicted molar refractivity (Wildman–Crippen MR) is 97.1 cm³/mol. The van der Waals surface area contributed by atoms with Crippen LogP contribution in [-0.2, 0) is 22.4 Å². The molecule has 3 aliphatic rings. The number of carbonyl (C=O) groups excluding carboxylic acids is 2. The summed E-state index contributed by atoms with van der Waals surface area (Å²) in [6, 6.07) is 8.44. The number of likely N-dealkylation sites (tertiary alicyclic amines) is 2. The summed E-state index contributed by atoms with van der Waals surface area (Å²) in [5.74, 6) is 0.958. The summed E-state index contributed by atoms with van der Waals surface area (Å²) in [6.45, 7) is 2.50. The number of hydrogen-bond acceptors (Lipinski definition) is 2. The molecule has 1 aromatic carbocycles. The first-order chi connectivity index (χ1) is 12.2. The number of amides is 2. The predicted octanol–water partition coefficient (Wildman–Crippen LogP) is 2.80. The lowest BCUT2D eigenvalue weighted by molar-refractivity contribution is -0.143. The van der Waals surface area contributed by atoms with Gasteiger partial charge in [-0.15, -0.1) is 0 Å². The lowest BCUT2D eigenvalue weighted by Gasteiger charge is -2.28. The van der Waals surface area contributed by atoms with Crippen LogP contribution >= 0.6 is 0 Å². The standard InChI is InChI=1S/C21H28N2O2/c24-20(10-9-16-14-17-6-1-2-7-18(17)15-16)23-13-5-8-19(23)21(25)22-11-3-4-12-22/h1-2,6-7,16,19H,3-5,8-15H2/t19-/m0/s1. The van der Waals surface area contributed by atoms with Gasteiger partial charge in [0.2, 0.25) is 11.8 Å². The molecule has 2 amide bonds. The van der Waals surface area contributed by atoms with E-state index in [0.717, 1.165) is 64.6 Å². The lowest BCUT2D eigenvalue weighted by Crippen LogP contribution is -2.47. The first-order valence-electron chi connectivity index (χ1n) is 9.87. The molecule has 4 rings (SSSR count). The molecule has 25 heavy (non-hydrogen) atoms. The van der Waals surface area contributed by atoms with Gasteiger partial charge in [0.15, 0.2) is 0 Å². The van der Waals surface area contributed by atoms with Crippen molar-refractivity contribution in [2.45, 2.75) is 57.4 Å². The van der Waals surface area contributed by atoms with Gasteiger partial charge >= 0.3 is 0 Å². The summed E-state index contributed by atoms with van der Waals surface area (Å²) in [4.78, 5) is 29.3. The van der Waals surface area contributed by atoms with E-state index >= 15 is 0 Å². The molecule has 1 atom stereocenters. The third-order valence-corrected chi connectivity index (χ3v) is 6.18. The molecule has 4 nitrogen and oxygen atoms in total. The van der Waals surface area contributed by atoms with Crippen LogP contribution in [0.25, 0.3) is 0 Å². The largest absolute Gasteiger partial charge is 0.341 e. The summed E-state index contributed by atoms with van der Waals surface area (Å²) in [5, 5.41) is 0. The minimum atomic E-state index is -0.189. The van der Waals surface area contributed by atoms with Gasteiger partial charge in [-0.25, -0.2) is 0 Å². The molecule has 0 radical (unpaired) electrons. The van der Waals surface area contributed by atoms with Crippen molar-refractivity contribution >= 4 is 11.8 Å². The maximum absolute atomic E-state index is 12.8. The van der Waals surface area contributed by atoms with Crippen molar-refractivity contribution in [3.8, 4) is 0 Å². The molecule has 1 aliphatic carbocycles. The molecule has 0 N–H and O–H groups in total. The Kier molecular flexibility index (Phi) is 4.78. The maximum atomic E-state index is 12.8. The molecule has 0 aromatic heterocycles. The SMILES string of the molecule is O=C([C@@H]1CCCN1C(=O)CCC1Cc2ccccc2C1)N1CCCC1. The molecule has 0 saturated carbocycles. The van der Waals surface area contributed by atoms with Crippen molar-refractivity contribution in [3.63, 3.8) is 0 Å². The van der Waals surface area contributed by atoms with Gasteiger partial charge in [-0.2, -0.15) is 0 Å². The second-order valence-electron chi connectivity index (χ2n) is 7.86. The molecule has 2 fully saturated rings. The van der Waals surface area contributed by atoms with Crippen LogP contribution in [0.1, 0.15) is 49.7 Å². The Balaban J connectivity index is 1.31. The van der Waals surface area contributed by atoms with Gasteiger partial charge in [0.05, 0.1) is 0 Å². The molecule has 4 heteroatoms. The Hall–Kier alpha value is -1.84. The van der Waals surface area contributed by atoms with Gasteiger partial charge in [0.1, 0.15) is 6.04 Å². The highest BCUT2D eigenvalue weighted by Crippen LogP contribution is 2.30. The first kappa shape index (κ1) is 16.6. The molecule has 134 valence electrons. The van der Waals surface area contributed by atoms with E-state index in [-0.39, 0.29) is 17.9 Å². The Bertz CT molecular complexity index is 626. The number of nitrogens with zero attached hydrogens (tertiary/aromatic N) is 2. The Morgan fingerprint density at radius 3 is 2.32 bits per heavy atom. The van der Waals surface area contributed by atoms with Crippen molar-refractivity contribution in [2.24, 2.45) is 5.92 Å². The normalized spacial score (nSPS) is 23.3. The number of fused-ring (bicyclic) bond motifs is 1. The van der Waals surface area contributed by atoms with Crippen molar-refractivity contribution < 1.29 is 9.59 Å². The van der Waals surface area contributed by atoms with Gasteiger partial charge in [-0.1, -0.05) is 24.3 Å². The minimum Gasteiger partial charge on any atom is -0.341 e. The van der Waals surface area contributed by atoms with E-state index < -0.39 is 0 Å². The van der Waals surface area contributed by atoms with Crippen LogP contribution in [0, 0.1) is 5.92 Å². The molecule has 1 aromatic rings. The summed E-state index contributed by atoms with van der Waals surface area (Å²) in [7, 11) is 0. The van der Waals surface area contributed by atoms with E-state index in [1.165, 1.54) is 11.1 Å². The van der Waals surface area contributed by atoms with Crippen LogP contribution in [0.15, 0.2) is 24.3 Å². The van der Waals surface area contributed by atoms with E-state index in [9.17, 15) is 9.59 Å². The van der Waals surface area contributed by atoms with Crippen LogP contribution in [-0.4, -0.2) is 47.3 Å². The summed E-state index contributed by atoms with van der Waals surface area (Å²) >= 11 is 0. The van der Waals surface area contributed by atoms with Crippen LogP contribution in [0.2, 0.25) is 0 Å². The molecule has 2 saturated heterocycles. The Labute approximate surface area is 150 Å². The van der Waals surface area contributed by atoms with Crippen LogP contribution in [0.3, 0.4) is 0 Å². The van der Waals surface area contributed by atoms with Crippen molar-refractivity contribution in [3.05, 3.63) is 35.4 Å². The maximum Gasteiger partial charge on any atom is 0.245 e. The van der Waals surface area contributed by atoms with E-state index in [0.29, 0.717) is 12.3 Å². The third kappa shape index (κ3) is 3.44. The summed E-state index contributed by atoms with van der Waals surface area (Å²) in [6.07, 6.45) is 7.74. The van der Waals surface area contributed by atoms with E-state index in [1.54, 1.807) is 0 Å². The zero-order valence-electron chi connectivity index (χ0n) is 15.0. The molecule has 2 heterocycles. The quantitative estimate of drug-likeness (QED) is 0.846. The number of benzene rings is 1. The molecule has 0 unspecified atom stereocenters. The first-order valence-corrected chi connectivity index (χ1v) is 9.87. The van der Waals surface area contributed by atoms with Gasteiger partial charge in [0, 0.05) is 26.1 Å². The zero-order valence-corrected chi connectivity index (χ0v) is 15.0. The molecule has 2 aliphatic heterocycles.